The summed E-state index contributed by atoms with van der Waals surface area (Å²) in [6.07, 6.45) is 9.18. The van der Waals surface area contributed by atoms with E-state index in [-0.39, 0.29) is 17.9 Å². The van der Waals surface area contributed by atoms with Gasteiger partial charge >= 0.3 is 12.0 Å². The van der Waals surface area contributed by atoms with Gasteiger partial charge in [-0.25, -0.2) is 9.97 Å². The van der Waals surface area contributed by atoms with Gasteiger partial charge in [-0.15, -0.1) is 4.98 Å². The van der Waals surface area contributed by atoms with Crippen LogP contribution in [0.2, 0.25) is 0 Å². The van der Waals surface area contributed by atoms with Crippen LogP contribution in [-0.4, -0.2) is 61.8 Å². The van der Waals surface area contributed by atoms with E-state index in [0.29, 0.717) is 5.95 Å². The van der Waals surface area contributed by atoms with Crippen molar-refractivity contribution in [3.63, 3.8) is 0 Å². The van der Waals surface area contributed by atoms with Gasteiger partial charge in [-0.1, -0.05) is 0 Å². The highest BCUT2D eigenvalue weighted by molar-refractivity contribution is 5.52. The first-order valence-corrected chi connectivity index (χ1v) is 9.05. The van der Waals surface area contributed by atoms with E-state index in [9.17, 15) is 0 Å². The van der Waals surface area contributed by atoms with Crippen LogP contribution in [0, 0.1) is 0 Å². The second kappa shape index (κ2) is 7.75. The molecule has 1 fully saturated rings. The number of piperidine rings is 1. The van der Waals surface area contributed by atoms with Gasteiger partial charge in [0.05, 0.1) is 44.3 Å². The monoisotopic (exact) mass is 382 g/mol. The zero-order valence-electron chi connectivity index (χ0n) is 16.1. The molecule has 3 aromatic rings. The largest absolute Gasteiger partial charge is 0.467 e. The smallest absolute Gasteiger partial charge is 0.324 e. The molecule has 0 unspecified atom stereocenters. The van der Waals surface area contributed by atoms with Crippen LogP contribution in [0.1, 0.15) is 24.5 Å². The molecule has 1 saturated heterocycles. The Bertz CT molecular complexity index is 938. The quantitative estimate of drug-likeness (QED) is 0.648. The first-order valence-electron chi connectivity index (χ1n) is 9.05. The summed E-state index contributed by atoms with van der Waals surface area (Å²) in [5.41, 5.74) is 2.71. The van der Waals surface area contributed by atoms with E-state index in [1.165, 1.54) is 14.2 Å². The van der Waals surface area contributed by atoms with E-state index in [1.807, 2.05) is 17.8 Å². The standard InChI is InChI=1S/C18H22N8O2/c1-25-11-20-9-15(25)14-8-19-7-13(21-14)12-5-4-6-26(10-12)16-22-17(27-2)24-18(23-16)28-3/h7-9,11-12H,4-6,10H2,1-3H3/t12-/m0/s1. The Morgan fingerprint density at radius 3 is 2.43 bits per heavy atom. The number of ether oxygens (including phenoxy) is 2. The molecule has 1 aliphatic heterocycles. The van der Waals surface area contributed by atoms with Gasteiger partial charge in [-0.05, 0) is 12.8 Å². The molecule has 0 amide bonds. The minimum Gasteiger partial charge on any atom is -0.467 e. The molecule has 0 spiro atoms. The van der Waals surface area contributed by atoms with Gasteiger partial charge < -0.3 is 18.9 Å². The van der Waals surface area contributed by atoms with Crippen molar-refractivity contribution in [3.05, 3.63) is 30.6 Å². The molecule has 146 valence electrons. The van der Waals surface area contributed by atoms with Gasteiger partial charge in [0.2, 0.25) is 5.95 Å². The molecule has 0 aliphatic carbocycles. The van der Waals surface area contributed by atoms with Crippen LogP contribution in [0.25, 0.3) is 11.4 Å². The second-order valence-corrected chi connectivity index (χ2v) is 6.61. The highest BCUT2D eigenvalue weighted by atomic mass is 16.5. The first-order chi connectivity index (χ1) is 13.7. The lowest BCUT2D eigenvalue weighted by molar-refractivity contribution is 0.338. The van der Waals surface area contributed by atoms with Crippen molar-refractivity contribution in [2.24, 2.45) is 7.05 Å². The maximum Gasteiger partial charge on any atom is 0.324 e. The molecule has 4 heterocycles. The average molecular weight is 382 g/mol. The molecule has 0 bridgehead atoms. The molecule has 4 rings (SSSR count). The lowest BCUT2D eigenvalue weighted by Crippen LogP contribution is -2.36. The molecule has 10 heteroatoms. The molecule has 3 aromatic heterocycles. The topological polar surface area (TPSA) is 104 Å². The summed E-state index contributed by atoms with van der Waals surface area (Å²) < 4.78 is 12.3. The van der Waals surface area contributed by atoms with Crippen molar-refractivity contribution in [1.29, 1.82) is 0 Å². The van der Waals surface area contributed by atoms with Gasteiger partial charge in [-0.3, -0.25) is 4.98 Å². The lowest BCUT2D eigenvalue weighted by atomic mass is 9.95. The van der Waals surface area contributed by atoms with E-state index in [1.54, 1.807) is 18.7 Å². The normalized spacial score (nSPS) is 16.8. The summed E-state index contributed by atoms with van der Waals surface area (Å²) in [7, 11) is 4.99. The fourth-order valence-electron chi connectivity index (χ4n) is 3.36. The molecular weight excluding hydrogens is 360 g/mol. The van der Waals surface area contributed by atoms with Crippen molar-refractivity contribution >= 4 is 5.95 Å². The van der Waals surface area contributed by atoms with Gasteiger partial charge in [0.1, 0.15) is 5.69 Å². The third-order valence-electron chi connectivity index (χ3n) is 4.80. The van der Waals surface area contributed by atoms with Crippen molar-refractivity contribution in [1.82, 2.24) is 34.5 Å². The Labute approximate surface area is 162 Å². The van der Waals surface area contributed by atoms with E-state index in [0.717, 1.165) is 43.0 Å². The van der Waals surface area contributed by atoms with Crippen LogP contribution >= 0.6 is 0 Å². The van der Waals surface area contributed by atoms with Crippen LogP contribution in [0.15, 0.2) is 24.9 Å². The predicted molar refractivity (Wildman–Crippen MR) is 101 cm³/mol. The van der Waals surface area contributed by atoms with Crippen LogP contribution in [0.4, 0.5) is 5.95 Å². The molecule has 28 heavy (non-hydrogen) atoms. The number of anilines is 1. The van der Waals surface area contributed by atoms with Crippen molar-refractivity contribution < 1.29 is 9.47 Å². The third kappa shape index (κ3) is 3.57. The molecule has 0 radical (unpaired) electrons. The minimum absolute atomic E-state index is 0.225. The fourth-order valence-corrected chi connectivity index (χ4v) is 3.36. The maximum absolute atomic E-state index is 5.17. The minimum atomic E-state index is 0.225. The Morgan fingerprint density at radius 2 is 1.75 bits per heavy atom. The highest BCUT2D eigenvalue weighted by Crippen LogP contribution is 2.29. The Hall–Kier alpha value is -3.30. The SMILES string of the molecule is COc1nc(OC)nc(N2CCC[C@H](c3cncc(-c4cncn4C)n3)C2)n1. The van der Waals surface area contributed by atoms with Gasteiger partial charge in [-0.2, -0.15) is 9.97 Å². The fraction of sp³-hybridized carbons (Fsp3) is 0.444. The number of aromatic nitrogens is 7. The van der Waals surface area contributed by atoms with Crippen molar-refractivity contribution in [2.45, 2.75) is 18.8 Å². The van der Waals surface area contributed by atoms with Crippen LogP contribution < -0.4 is 14.4 Å². The van der Waals surface area contributed by atoms with E-state index in [2.05, 4.69) is 29.8 Å². The molecule has 0 aromatic carbocycles. The summed E-state index contributed by atoms with van der Waals surface area (Å²) in [6.45, 7) is 1.58. The van der Waals surface area contributed by atoms with Gasteiger partial charge in [0.15, 0.2) is 0 Å². The summed E-state index contributed by atoms with van der Waals surface area (Å²) in [4.78, 5) is 28.3. The summed E-state index contributed by atoms with van der Waals surface area (Å²) >= 11 is 0. The number of nitrogens with zero attached hydrogens (tertiary/aromatic N) is 8. The summed E-state index contributed by atoms with van der Waals surface area (Å²) in [5.74, 6) is 0.771. The number of hydrogen-bond donors (Lipinski definition) is 0. The number of methoxy groups -OCH3 is 2. The second-order valence-electron chi connectivity index (χ2n) is 6.61. The Morgan fingerprint density at radius 1 is 0.964 bits per heavy atom. The molecule has 10 nitrogen and oxygen atoms in total. The molecule has 1 aliphatic rings. The molecule has 0 N–H and O–H groups in total. The average Bonchev–Trinajstić information content (AvgIpc) is 3.19. The zero-order valence-corrected chi connectivity index (χ0v) is 16.1. The number of aryl methyl sites for hydroxylation is 1. The number of hydrogen-bond acceptors (Lipinski definition) is 9. The van der Waals surface area contributed by atoms with Crippen LogP contribution in [0.5, 0.6) is 12.0 Å². The van der Waals surface area contributed by atoms with Crippen molar-refractivity contribution in [2.75, 3.05) is 32.2 Å². The lowest BCUT2D eigenvalue weighted by Gasteiger charge is -2.32. The van der Waals surface area contributed by atoms with Crippen LogP contribution in [-0.2, 0) is 7.05 Å². The first kappa shape index (κ1) is 18.1. The number of imidazole rings is 1. The van der Waals surface area contributed by atoms with Gasteiger partial charge in [0.25, 0.3) is 0 Å². The van der Waals surface area contributed by atoms with E-state index < -0.39 is 0 Å². The summed E-state index contributed by atoms with van der Waals surface area (Å²) in [6, 6.07) is 0.476. The molecule has 1 atom stereocenters. The zero-order chi connectivity index (χ0) is 19.5. The highest BCUT2D eigenvalue weighted by Gasteiger charge is 2.26. The maximum atomic E-state index is 5.17. The van der Waals surface area contributed by atoms with E-state index in [4.69, 9.17) is 14.5 Å². The van der Waals surface area contributed by atoms with Gasteiger partial charge in [0, 0.05) is 32.3 Å². The summed E-state index contributed by atoms with van der Waals surface area (Å²) in [5, 5.41) is 0. The van der Waals surface area contributed by atoms with Crippen LogP contribution in [0.3, 0.4) is 0 Å². The third-order valence-corrected chi connectivity index (χ3v) is 4.80. The molecule has 0 saturated carbocycles. The van der Waals surface area contributed by atoms with Crippen molar-refractivity contribution in [3.8, 4) is 23.4 Å². The predicted octanol–water partition coefficient (Wildman–Crippen LogP) is 1.46. The number of rotatable bonds is 5. The van der Waals surface area contributed by atoms with E-state index >= 15 is 0 Å². The molecular formula is C18H22N8O2. The Balaban J connectivity index is 1.59. The Kier molecular flexibility index (Phi) is 5.00.